The fraction of sp³-hybridized carbons (Fsp3) is 0.0227. The molecule has 0 unspecified atom stereocenters. The first-order chi connectivity index (χ1) is 46.5. The van der Waals surface area contributed by atoms with Gasteiger partial charge in [-0.2, -0.15) is 0 Å². The molecule has 0 saturated heterocycles. The van der Waals surface area contributed by atoms with Crippen LogP contribution in [0.5, 0.6) is 23.0 Å². The molecular formula is C88H54N4O2. The van der Waals surface area contributed by atoms with Crippen LogP contribution >= 0.6 is 0 Å². The van der Waals surface area contributed by atoms with Crippen LogP contribution in [0.3, 0.4) is 0 Å². The van der Waals surface area contributed by atoms with Gasteiger partial charge in [-0.1, -0.05) is 261 Å². The molecular weight excluding hydrogens is 1140 g/mol. The van der Waals surface area contributed by atoms with Gasteiger partial charge in [-0.15, -0.1) is 0 Å². The molecule has 0 radical (unpaired) electrons. The molecule has 0 saturated carbocycles. The van der Waals surface area contributed by atoms with Gasteiger partial charge in [-0.3, -0.25) is 0 Å². The lowest BCUT2D eigenvalue weighted by molar-refractivity contribution is 0.436. The molecule has 0 atom stereocenters. The zero-order valence-electron chi connectivity index (χ0n) is 50.8. The third kappa shape index (κ3) is 8.16. The predicted molar refractivity (Wildman–Crippen MR) is 376 cm³/mol. The maximum Gasteiger partial charge on any atom is 0.160 e. The highest BCUT2D eigenvalue weighted by atomic mass is 16.5. The molecule has 4 aliphatic rings. The van der Waals surface area contributed by atoms with E-state index in [9.17, 15) is 0 Å². The van der Waals surface area contributed by atoms with Crippen LogP contribution in [0.15, 0.2) is 328 Å². The Balaban J connectivity index is 0.733. The van der Waals surface area contributed by atoms with Crippen LogP contribution in [-0.2, 0) is 10.8 Å². The standard InChI is InChI=1S/C88H54N4O2/c1-4-21-55(22-5-1)56-39-41-59(42-40-56)79-53-77(57-23-6-2-7-24-57)89-85(91-79)63-45-48-83-76(51-63)88(71-35-16-12-31-67(71)68-32-13-17-36-72(68)88)74-46-43-61(52-84(74)94-83)60-27-20-28-62(49-60)80-54-78(58-25-8-3-9-26-58)90-86(92-80)64-44-47-82-75(50-64)87(73-37-18-19-38-81(73)93-82)69-33-14-10-29-65(69)66-30-11-15-34-70(66)87/h1-54H. The predicted octanol–water partition coefficient (Wildman–Crippen LogP) is 21.5. The van der Waals surface area contributed by atoms with Crippen molar-refractivity contribution in [2.45, 2.75) is 10.8 Å². The van der Waals surface area contributed by atoms with Crippen LogP contribution in [0.1, 0.15) is 44.5 Å². The van der Waals surface area contributed by atoms with E-state index in [1.807, 2.05) is 18.2 Å². The van der Waals surface area contributed by atoms with Gasteiger partial charge >= 0.3 is 0 Å². The van der Waals surface area contributed by atoms with Crippen molar-refractivity contribution >= 4 is 0 Å². The molecule has 4 heterocycles. The zero-order chi connectivity index (χ0) is 61.9. The zero-order valence-corrected chi connectivity index (χ0v) is 50.8. The maximum atomic E-state index is 7.29. The summed E-state index contributed by atoms with van der Waals surface area (Å²) in [5, 5.41) is 0. The number of nitrogens with zero attached hydrogens (tertiary/aromatic N) is 4. The lowest BCUT2D eigenvalue weighted by Crippen LogP contribution is -2.32. The third-order valence-electron chi connectivity index (χ3n) is 19.7. The van der Waals surface area contributed by atoms with Crippen molar-refractivity contribution in [2.75, 3.05) is 0 Å². The summed E-state index contributed by atoms with van der Waals surface area (Å²) < 4.78 is 14.1. The van der Waals surface area contributed by atoms with Crippen LogP contribution < -0.4 is 9.47 Å². The first-order valence-electron chi connectivity index (χ1n) is 32.0. The molecule has 2 aliphatic heterocycles. The summed E-state index contributed by atoms with van der Waals surface area (Å²) in [5.41, 5.74) is 26.0. The molecule has 0 bridgehead atoms. The Kier molecular flexibility index (Phi) is 12.0. The van der Waals surface area contributed by atoms with Gasteiger partial charge in [-0.05, 0) is 133 Å². The van der Waals surface area contributed by atoms with Gasteiger partial charge in [0.05, 0.1) is 33.6 Å². The number of benzene rings is 13. The molecule has 2 spiro atoms. The van der Waals surface area contributed by atoms with Crippen LogP contribution in [-0.4, -0.2) is 19.9 Å². The minimum absolute atomic E-state index is 0.620. The minimum Gasteiger partial charge on any atom is -0.457 e. The number of hydrogen-bond acceptors (Lipinski definition) is 6. The monoisotopic (exact) mass is 1200 g/mol. The van der Waals surface area contributed by atoms with Gasteiger partial charge in [0.25, 0.3) is 0 Å². The Bertz CT molecular complexity index is 5480. The molecule has 0 amide bonds. The van der Waals surface area contributed by atoms with Gasteiger partial charge < -0.3 is 9.47 Å². The summed E-state index contributed by atoms with van der Waals surface area (Å²) in [6.45, 7) is 0. The second-order valence-corrected chi connectivity index (χ2v) is 24.7. The lowest BCUT2D eigenvalue weighted by Gasteiger charge is -2.39. The number of ether oxygens (including phenoxy) is 2. The summed E-state index contributed by atoms with van der Waals surface area (Å²) in [5.74, 6) is 4.48. The normalized spacial score (nSPS) is 13.4. The van der Waals surface area contributed by atoms with E-state index < -0.39 is 10.8 Å². The summed E-state index contributed by atoms with van der Waals surface area (Å²) in [4.78, 5) is 21.7. The molecule has 438 valence electrons. The average molecular weight is 1200 g/mol. The molecule has 0 N–H and O–H groups in total. The fourth-order valence-electron chi connectivity index (χ4n) is 15.5. The van der Waals surface area contributed by atoms with Crippen LogP contribution in [0, 0.1) is 0 Å². The summed E-state index contributed by atoms with van der Waals surface area (Å²) in [6.07, 6.45) is 0. The van der Waals surface area contributed by atoms with Crippen molar-refractivity contribution < 1.29 is 9.47 Å². The largest absolute Gasteiger partial charge is 0.457 e. The van der Waals surface area contributed by atoms with Crippen molar-refractivity contribution in [3.05, 3.63) is 372 Å². The molecule has 6 nitrogen and oxygen atoms in total. The van der Waals surface area contributed by atoms with Crippen molar-refractivity contribution in [3.8, 4) is 135 Å². The van der Waals surface area contributed by atoms with Crippen LogP contribution in [0.2, 0.25) is 0 Å². The second-order valence-electron chi connectivity index (χ2n) is 24.7. The van der Waals surface area contributed by atoms with Crippen molar-refractivity contribution in [1.82, 2.24) is 19.9 Å². The van der Waals surface area contributed by atoms with E-state index in [-0.39, 0.29) is 0 Å². The van der Waals surface area contributed by atoms with Gasteiger partial charge in [0, 0.05) is 55.6 Å². The Labute approximate surface area is 544 Å². The lowest BCUT2D eigenvalue weighted by atomic mass is 9.65. The summed E-state index contributed by atoms with van der Waals surface area (Å²) in [6, 6.07) is 117. The smallest absolute Gasteiger partial charge is 0.160 e. The van der Waals surface area contributed by atoms with Crippen LogP contribution in [0.25, 0.3) is 112 Å². The van der Waals surface area contributed by atoms with E-state index in [1.165, 1.54) is 50.1 Å². The van der Waals surface area contributed by atoms with Gasteiger partial charge in [-0.25, -0.2) is 19.9 Å². The number of fused-ring (bicyclic) bond motifs is 18. The molecule has 2 aliphatic carbocycles. The van der Waals surface area contributed by atoms with Crippen molar-refractivity contribution in [3.63, 3.8) is 0 Å². The van der Waals surface area contributed by atoms with E-state index in [4.69, 9.17) is 29.4 Å². The molecule has 2 aromatic heterocycles. The average Bonchev–Trinajstić information content (AvgIpc) is 1.14. The second kappa shape index (κ2) is 21.1. The highest BCUT2D eigenvalue weighted by Crippen LogP contribution is 2.64. The molecule has 19 rings (SSSR count). The number of aromatic nitrogens is 4. The molecule has 6 heteroatoms. The molecule has 94 heavy (non-hydrogen) atoms. The summed E-state index contributed by atoms with van der Waals surface area (Å²) in [7, 11) is 0. The van der Waals surface area contributed by atoms with E-state index >= 15 is 0 Å². The van der Waals surface area contributed by atoms with E-state index in [2.05, 4.69) is 309 Å². The number of rotatable bonds is 8. The van der Waals surface area contributed by atoms with Gasteiger partial charge in [0.2, 0.25) is 0 Å². The number of para-hydroxylation sites is 1. The fourth-order valence-corrected chi connectivity index (χ4v) is 15.5. The quantitative estimate of drug-likeness (QED) is 0.151. The molecule has 15 aromatic rings. The third-order valence-corrected chi connectivity index (χ3v) is 19.7. The van der Waals surface area contributed by atoms with Crippen molar-refractivity contribution in [1.29, 1.82) is 0 Å². The highest BCUT2D eigenvalue weighted by molar-refractivity contribution is 5.92. The van der Waals surface area contributed by atoms with Crippen molar-refractivity contribution in [2.24, 2.45) is 0 Å². The topological polar surface area (TPSA) is 70.0 Å². The molecule has 0 fully saturated rings. The first kappa shape index (κ1) is 53.5. The Morgan fingerprint density at radius 1 is 0.181 bits per heavy atom. The summed E-state index contributed by atoms with van der Waals surface area (Å²) >= 11 is 0. The van der Waals surface area contributed by atoms with Gasteiger partial charge in [0.1, 0.15) is 23.0 Å². The van der Waals surface area contributed by atoms with E-state index in [0.717, 1.165) is 118 Å². The Hall–Kier alpha value is -12.4. The Morgan fingerprint density at radius 3 is 1.00 bits per heavy atom. The molecule has 13 aromatic carbocycles. The maximum absolute atomic E-state index is 7.29. The number of hydrogen-bond donors (Lipinski definition) is 0. The first-order valence-corrected chi connectivity index (χ1v) is 32.0. The SMILES string of the molecule is c1ccc(-c2ccc(-c3cc(-c4ccccc4)nc(-c4ccc5c(c4)C4(c6ccc(-c7cccc(-c8cc(-c9ccccc9)nc(-c9ccc%10c(c9)C9(c%11ccccc%11O%10)c%10ccccc%10-c%10ccccc%109)n8)c7)cc6O5)c5ccccc5-c5ccccc54)n3)cc2)cc1. The van der Waals surface area contributed by atoms with Crippen LogP contribution in [0.4, 0.5) is 0 Å². The van der Waals surface area contributed by atoms with E-state index in [1.54, 1.807) is 0 Å². The minimum atomic E-state index is -0.749. The van der Waals surface area contributed by atoms with E-state index in [0.29, 0.717) is 11.6 Å². The van der Waals surface area contributed by atoms with Gasteiger partial charge in [0.15, 0.2) is 11.6 Å². The highest BCUT2D eigenvalue weighted by Gasteiger charge is 2.53. The Morgan fingerprint density at radius 2 is 0.500 bits per heavy atom.